The van der Waals surface area contributed by atoms with Gasteiger partial charge in [-0.15, -0.1) is 0 Å². The average Bonchev–Trinajstić information content (AvgIpc) is 2.72. The molecule has 0 fully saturated rings. The Balaban J connectivity index is 1.57. The van der Waals surface area contributed by atoms with Gasteiger partial charge in [-0.3, -0.25) is 4.79 Å². The molecular formula is C23H26N4O. The predicted octanol–water partition coefficient (Wildman–Crippen LogP) is 4.64. The van der Waals surface area contributed by atoms with Crippen molar-refractivity contribution in [3.63, 3.8) is 0 Å². The highest BCUT2D eigenvalue weighted by Gasteiger charge is 2.11. The van der Waals surface area contributed by atoms with Gasteiger partial charge in [-0.25, -0.2) is 9.97 Å². The number of carbonyl (C=O) groups excluding carboxylic acids is 1. The average molecular weight is 374 g/mol. The molecule has 0 aliphatic heterocycles. The third-order valence-electron chi connectivity index (χ3n) is 4.48. The second-order valence-electron chi connectivity index (χ2n) is 6.71. The van der Waals surface area contributed by atoms with E-state index in [0.29, 0.717) is 17.3 Å². The van der Waals surface area contributed by atoms with E-state index in [2.05, 4.69) is 51.8 Å². The van der Waals surface area contributed by atoms with E-state index in [9.17, 15) is 4.79 Å². The number of nitrogens with zero attached hydrogens (tertiary/aromatic N) is 2. The number of hydrogen-bond acceptors (Lipinski definition) is 4. The van der Waals surface area contributed by atoms with E-state index >= 15 is 0 Å². The fraction of sp³-hybridized carbons (Fsp3) is 0.261. The van der Waals surface area contributed by atoms with Gasteiger partial charge < -0.3 is 10.6 Å². The third kappa shape index (κ3) is 5.64. The number of amides is 1. The Labute approximate surface area is 166 Å². The van der Waals surface area contributed by atoms with Gasteiger partial charge in [0.15, 0.2) is 0 Å². The van der Waals surface area contributed by atoms with Crippen molar-refractivity contribution in [1.29, 1.82) is 0 Å². The Bertz CT molecular complexity index is 908. The van der Waals surface area contributed by atoms with E-state index in [1.54, 1.807) is 13.0 Å². The quantitative estimate of drug-likeness (QED) is 0.564. The van der Waals surface area contributed by atoms with Crippen LogP contribution in [0.4, 0.5) is 11.5 Å². The van der Waals surface area contributed by atoms with Crippen LogP contribution in [0, 0.1) is 6.92 Å². The lowest BCUT2D eigenvalue weighted by Crippen LogP contribution is -2.16. The maximum atomic E-state index is 12.6. The summed E-state index contributed by atoms with van der Waals surface area (Å²) in [6, 6.07) is 19.9. The smallest absolute Gasteiger partial charge is 0.274 e. The molecule has 3 rings (SSSR count). The monoisotopic (exact) mass is 374 g/mol. The third-order valence-corrected chi connectivity index (χ3v) is 4.48. The molecule has 2 N–H and O–H groups in total. The van der Waals surface area contributed by atoms with Crippen LogP contribution in [-0.4, -0.2) is 22.4 Å². The van der Waals surface area contributed by atoms with Crippen molar-refractivity contribution < 1.29 is 4.79 Å². The number of aryl methyl sites for hydroxylation is 3. The Morgan fingerprint density at radius 3 is 2.43 bits per heavy atom. The fourth-order valence-electron chi connectivity index (χ4n) is 2.95. The van der Waals surface area contributed by atoms with Crippen LogP contribution in [0.2, 0.25) is 0 Å². The van der Waals surface area contributed by atoms with Crippen LogP contribution in [0.25, 0.3) is 0 Å². The highest BCUT2D eigenvalue weighted by Crippen LogP contribution is 2.13. The van der Waals surface area contributed by atoms with Gasteiger partial charge in [0.25, 0.3) is 5.91 Å². The fourth-order valence-corrected chi connectivity index (χ4v) is 2.95. The first-order valence-corrected chi connectivity index (χ1v) is 9.68. The maximum absolute atomic E-state index is 12.6. The molecule has 0 unspecified atom stereocenters. The van der Waals surface area contributed by atoms with Gasteiger partial charge in [0, 0.05) is 18.3 Å². The molecule has 0 bridgehead atoms. The highest BCUT2D eigenvalue weighted by atomic mass is 16.1. The summed E-state index contributed by atoms with van der Waals surface area (Å²) in [7, 11) is 0. The van der Waals surface area contributed by atoms with Gasteiger partial charge in [0.2, 0.25) is 0 Å². The van der Waals surface area contributed by atoms with Gasteiger partial charge in [-0.05, 0) is 49.4 Å². The first-order valence-electron chi connectivity index (χ1n) is 9.68. The summed E-state index contributed by atoms with van der Waals surface area (Å²) in [6.07, 6.45) is 2.95. The van der Waals surface area contributed by atoms with Gasteiger partial charge in [-0.1, -0.05) is 49.4 Å². The lowest BCUT2D eigenvalue weighted by molar-refractivity contribution is 0.102. The molecule has 28 heavy (non-hydrogen) atoms. The van der Waals surface area contributed by atoms with Gasteiger partial charge >= 0.3 is 0 Å². The zero-order valence-electron chi connectivity index (χ0n) is 16.4. The SMILES string of the molecule is CCc1ccc(NC(=O)c2cc(NCCCc3ccccc3)nc(C)n2)cc1. The van der Waals surface area contributed by atoms with Crippen LogP contribution in [-0.2, 0) is 12.8 Å². The number of anilines is 2. The summed E-state index contributed by atoms with van der Waals surface area (Å²) in [5.74, 6) is 1.01. The molecule has 0 saturated carbocycles. The predicted molar refractivity (Wildman–Crippen MR) is 114 cm³/mol. The molecule has 3 aromatic rings. The molecule has 0 spiro atoms. The van der Waals surface area contributed by atoms with Crippen molar-refractivity contribution in [3.8, 4) is 0 Å². The summed E-state index contributed by atoms with van der Waals surface area (Å²) < 4.78 is 0. The minimum atomic E-state index is -0.234. The molecule has 1 amide bonds. The van der Waals surface area contributed by atoms with E-state index in [4.69, 9.17) is 0 Å². The molecule has 0 aliphatic carbocycles. The van der Waals surface area contributed by atoms with Crippen LogP contribution in [0.5, 0.6) is 0 Å². The van der Waals surface area contributed by atoms with E-state index in [0.717, 1.165) is 31.5 Å². The molecule has 5 heteroatoms. The second-order valence-corrected chi connectivity index (χ2v) is 6.71. The van der Waals surface area contributed by atoms with Crippen molar-refractivity contribution in [2.24, 2.45) is 0 Å². The van der Waals surface area contributed by atoms with Gasteiger partial charge in [0.05, 0.1) is 0 Å². The van der Waals surface area contributed by atoms with Crippen molar-refractivity contribution in [2.75, 3.05) is 17.2 Å². The van der Waals surface area contributed by atoms with E-state index < -0.39 is 0 Å². The molecule has 5 nitrogen and oxygen atoms in total. The second kappa shape index (κ2) is 9.65. The Hall–Kier alpha value is -3.21. The number of aromatic nitrogens is 2. The maximum Gasteiger partial charge on any atom is 0.274 e. The zero-order valence-corrected chi connectivity index (χ0v) is 16.4. The van der Waals surface area contributed by atoms with Crippen molar-refractivity contribution in [1.82, 2.24) is 9.97 Å². The number of nitrogens with one attached hydrogen (secondary N) is 2. The molecule has 0 aliphatic rings. The summed E-state index contributed by atoms with van der Waals surface area (Å²) >= 11 is 0. The van der Waals surface area contributed by atoms with Crippen LogP contribution >= 0.6 is 0 Å². The number of carbonyl (C=O) groups is 1. The molecule has 144 valence electrons. The topological polar surface area (TPSA) is 66.9 Å². The zero-order chi connectivity index (χ0) is 19.8. The van der Waals surface area contributed by atoms with Crippen LogP contribution in [0.1, 0.15) is 40.8 Å². The van der Waals surface area contributed by atoms with Crippen LogP contribution in [0.3, 0.4) is 0 Å². The van der Waals surface area contributed by atoms with Crippen molar-refractivity contribution in [3.05, 3.63) is 83.3 Å². The van der Waals surface area contributed by atoms with Crippen LogP contribution in [0.15, 0.2) is 60.7 Å². The molecule has 0 saturated heterocycles. The summed E-state index contributed by atoms with van der Waals surface area (Å²) in [6.45, 7) is 4.68. The minimum absolute atomic E-state index is 0.234. The molecule has 2 aromatic carbocycles. The Kier molecular flexibility index (Phi) is 6.73. The normalized spacial score (nSPS) is 10.5. The Morgan fingerprint density at radius 1 is 0.964 bits per heavy atom. The number of benzene rings is 2. The minimum Gasteiger partial charge on any atom is -0.370 e. The van der Waals surface area contributed by atoms with Crippen molar-refractivity contribution in [2.45, 2.75) is 33.1 Å². The first-order chi connectivity index (χ1) is 13.6. The summed E-state index contributed by atoms with van der Waals surface area (Å²) in [5, 5.41) is 6.19. The standard InChI is InChI=1S/C23H26N4O/c1-3-18-11-13-20(14-12-18)27-23(28)21-16-22(26-17(2)25-21)24-15-7-10-19-8-5-4-6-9-19/h4-6,8-9,11-14,16H,3,7,10,15H2,1-2H3,(H,27,28)(H,24,25,26). The highest BCUT2D eigenvalue weighted by molar-refractivity contribution is 6.03. The molecule has 0 atom stereocenters. The van der Waals surface area contributed by atoms with Crippen LogP contribution < -0.4 is 10.6 Å². The van der Waals surface area contributed by atoms with Gasteiger partial charge in [0.1, 0.15) is 17.3 Å². The molecule has 1 heterocycles. The molecule has 0 radical (unpaired) electrons. The largest absolute Gasteiger partial charge is 0.370 e. The molecular weight excluding hydrogens is 348 g/mol. The van der Waals surface area contributed by atoms with E-state index in [-0.39, 0.29) is 5.91 Å². The Morgan fingerprint density at radius 2 is 1.71 bits per heavy atom. The summed E-state index contributed by atoms with van der Waals surface area (Å²) in [5.41, 5.74) is 3.67. The summed E-state index contributed by atoms with van der Waals surface area (Å²) in [4.78, 5) is 21.2. The number of rotatable bonds is 8. The first kappa shape index (κ1) is 19.5. The van der Waals surface area contributed by atoms with Gasteiger partial charge in [-0.2, -0.15) is 0 Å². The lowest BCUT2D eigenvalue weighted by Gasteiger charge is -2.10. The van der Waals surface area contributed by atoms with E-state index in [1.807, 2.05) is 30.3 Å². The van der Waals surface area contributed by atoms with E-state index in [1.165, 1.54) is 11.1 Å². The number of hydrogen-bond donors (Lipinski definition) is 2. The van der Waals surface area contributed by atoms with Crippen molar-refractivity contribution >= 4 is 17.4 Å². The molecule has 1 aromatic heterocycles. The lowest BCUT2D eigenvalue weighted by atomic mass is 10.1.